The van der Waals surface area contributed by atoms with Crippen molar-refractivity contribution in [3.05, 3.63) is 34.1 Å². The third-order valence-electron chi connectivity index (χ3n) is 2.42. The summed E-state index contributed by atoms with van der Waals surface area (Å²) < 4.78 is 14.2. The molecule has 0 fully saturated rings. The molecule has 1 aromatic rings. The molecule has 0 aliphatic rings. The van der Waals surface area contributed by atoms with Crippen molar-refractivity contribution in [1.29, 1.82) is 0 Å². The Morgan fingerprint density at radius 3 is 2.88 bits per heavy atom. The van der Waals surface area contributed by atoms with Gasteiger partial charge in [0, 0.05) is 16.6 Å². The topological polar surface area (TPSA) is 49.3 Å². The molecule has 0 amide bonds. The number of carboxylic acids is 1. The summed E-state index contributed by atoms with van der Waals surface area (Å²) >= 11 is 3.25. The van der Waals surface area contributed by atoms with E-state index in [1.165, 1.54) is 6.07 Å². The van der Waals surface area contributed by atoms with Crippen LogP contribution >= 0.6 is 15.9 Å². The molecule has 0 aliphatic heterocycles. The number of hydrogen-bond acceptors (Lipinski definition) is 2. The molecular formula is C12H15BrFNO2. The van der Waals surface area contributed by atoms with E-state index in [1.807, 2.05) is 6.92 Å². The van der Waals surface area contributed by atoms with Gasteiger partial charge in [0.25, 0.3) is 0 Å². The van der Waals surface area contributed by atoms with E-state index in [0.29, 0.717) is 12.0 Å². The second-order valence-electron chi connectivity index (χ2n) is 3.80. The van der Waals surface area contributed by atoms with Crippen molar-refractivity contribution in [3.63, 3.8) is 0 Å². The largest absolute Gasteiger partial charge is 0.480 e. The first-order chi connectivity index (χ1) is 8.04. The number of carbonyl (C=O) groups is 1. The molecule has 0 saturated heterocycles. The fourth-order valence-corrected chi connectivity index (χ4v) is 1.92. The molecular weight excluding hydrogens is 289 g/mol. The molecule has 17 heavy (non-hydrogen) atoms. The van der Waals surface area contributed by atoms with Gasteiger partial charge >= 0.3 is 5.97 Å². The molecule has 0 heterocycles. The predicted molar refractivity (Wildman–Crippen MR) is 67.3 cm³/mol. The van der Waals surface area contributed by atoms with Crippen LogP contribution in [0.4, 0.5) is 4.39 Å². The highest BCUT2D eigenvalue weighted by Crippen LogP contribution is 2.15. The number of carboxylic acid groups (broad SMARTS) is 1. The summed E-state index contributed by atoms with van der Waals surface area (Å²) in [4.78, 5) is 10.9. The maximum atomic E-state index is 13.4. The number of halogens is 2. The Kier molecular flexibility index (Phi) is 5.58. The monoisotopic (exact) mass is 303 g/mol. The van der Waals surface area contributed by atoms with Crippen molar-refractivity contribution in [2.45, 2.75) is 32.4 Å². The van der Waals surface area contributed by atoms with Gasteiger partial charge in [0.1, 0.15) is 11.9 Å². The quantitative estimate of drug-likeness (QED) is 0.849. The molecule has 3 nitrogen and oxygen atoms in total. The fourth-order valence-electron chi connectivity index (χ4n) is 1.51. The number of benzene rings is 1. The van der Waals surface area contributed by atoms with E-state index in [2.05, 4.69) is 21.2 Å². The van der Waals surface area contributed by atoms with E-state index >= 15 is 0 Å². The number of nitrogens with one attached hydrogen (secondary N) is 1. The van der Waals surface area contributed by atoms with Crippen LogP contribution in [0.5, 0.6) is 0 Å². The van der Waals surface area contributed by atoms with Crippen LogP contribution in [-0.2, 0) is 11.3 Å². The molecule has 5 heteroatoms. The Bertz CT molecular complexity index is 398. The molecule has 2 N–H and O–H groups in total. The first-order valence-electron chi connectivity index (χ1n) is 5.44. The minimum atomic E-state index is -0.901. The highest BCUT2D eigenvalue weighted by molar-refractivity contribution is 9.10. The summed E-state index contributed by atoms with van der Waals surface area (Å²) in [7, 11) is 0. The van der Waals surface area contributed by atoms with Crippen molar-refractivity contribution in [3.8, 4) is 0 Å². The molecule has 0 aromatic heterocycles. The summed E-state index contributed by atoms with van der Waals surface area (Å²) in [5, 5.41) is 11.8. The van der Waals surface area contributed by atoms with Gasteiger partial charge in [-0.2, -0.15) is 0 Å². The van der Waals surface area contributed by atoms with E-state index in [1.54, 1.807) is 12.1 Å². The van der Waals surface area contributed by atoms with E-state index in [0.717, 1.165) is 10.9 Å². The van der Waals surface area contributed by atoms with Gasteiger partial charge in [-0.05, 0) is 24.6 Å². The van der Waals surface area contributed by atoms with E-state index < -0.39 is 12.0 Å². The summed E-state index contributed by atoms with van der Waals surface area (Å²) in [6, 6.07) is 3.99. The fraction of sp³-hybridized carbons (Fsp3) is 0.417. The lowest BCUT2D eigenvalue weighted by molar-refractivity contribution is -0.139. The van der Waals surface area contributed by atoms with E-state index in [9.17, 15) is 9.18 Å². The molecule has 1 atom stereocenters. The normalized spacial score (nSPS) is 12.4. The van der Waals surface area contributed by atoms with Crippen LogP contribution in [0.2, 0.25) is 0 Å². The Morgan fingerprint density at radius 2 is 2.29 bits per heavy atom. The van der Waals surface area contributed by atoms with Crippen molar-refractivity contribution in [1.82, 2.24) is 5.32 Å². The second-order valence-corrected chi connectivity index (χ2v) is 4.71. The third kappa shape index (κ3) is 4.44. The van der Waals surface area contributed by atoms with Crippen LogP contribution < -0.4 is 5.32 Å². The number of hydrogen-bond donors (Lipinski definition) is 2. The zero-order valence-corrected chi connectivity index (χ0v) is 11.1. The van der Waals surface area contributed by atoms with Crippen molar-refractivity contribution < 1.29 is 14.3 Å². The lowest BCUT2D eigenvalue weighted by Crippen LogP contribution is -2.36. The van der Waals surface area contributed by atoms with Gasteiger partial charge in [-0.3, -0.25) is 4.79 Å². The summed E-state index contributed by atoms with van der Waals surface area (Å²) in [6.07, 6.45) is 1.30. The first-order valence-corrected chi connectivity index (χ1v) is 6.24. The van der Waals surface area contributed by atoms with Crippen molar-refractivity contribution in [2.24, 2.45) is 0 Å². The van der Waals surface area contributed by atoms with Gasteiger partial charge in [-0.1, -0.05) is 29.3 Å². The van der Waals surface area contributed by atoms with Crippen molar-refractivity contribution in [2.75, 3.05) is 0 Å². The van der Waals surface area contributed by atoms with Gasteiger partial charge in [-0.25, -0.2) is 4.39 Å². The van der Waals surface area contributed by atoms with Crippen molar-refractivity contribution >= 4 is 21.9 Å². The van der Waals surface area contributed by atoms with Gasteiger partial charge in [0.2, 0.25) is 0 Å². The number of rotatable bonds is 6. The van der Waals surface area contributed by atoms with Gasteiger partial charge in [0.15, 0.2) is 0 Å². The highest BCUT2D eigenvalue weighted by Gasteiger charge is 2.15. The zero-order valence-electron chi connectivity index (χ0n) is 9.54. The summed E-state index contributed by atoms with van der Waals surface area (Å²) in [5.74, 6) is -1.23. The lowest BCUT2D eigenvalue weighted by Gasteiger charge is -2.13. The van der Waals surface area contributed by atoms with Crippen LogP contribution in [0.3, 0.4) is 0 Å². The average Bonchev–Trinajstić information content (AvgIpc) is 2.28. The Hall–Kier alpha value is -0.940. The maximum Gasteiger partial charge on any atom is 0.320 e. The number of aliphatic carboxylic acids is 1. The smallest absolute Gasteiger partial charge is 0.320 e. The van der Waals surface area contributed by atoms with Crippen LogP contribution in [0.15, 0.2) is 22.7 Å². The Labute approximate surface area is 108 Å². The predicted octanol–water partition coefficient (Wildman–Crippen LogP) is 2.93. The average molecular weight is 304 g/mol. The summed E-state index contributed by atoms with van der Waals surface area (Å²) in [5.41, 5.74) is 0.460. The van der Waals surface area contributed by atoms with E-state index in [-0.39, 0.29) is 12.4 Å². The zero-order chi connectivity index (χ0) is 12.8. The van der Waals surface area contributed by atoms with Crippen LogP contribution in [0, 0.1) is 5.82 Å². The second kappa shape index (κ2) is 6.71. The van der Waals surface area contributed by atoms with Gasteiger partial charge < -0.3 is 10.4 Å². The SMILES string of the molecule is CCCC(NCc1cc(Br)ccc1F)C(=O)O. The molecule has 94 valence electrons. The molecule has 0 aliphatic carbocycles. The van der Waals surface area contributed by atoms with Gasteiger partial charge in [-0.15, -0.1) is 0 Å². The Balaban J connectivity index is 2.64. The minimum Gasteiger partial charge on any atom is -0.480 e. The van der Waals surface area contributed by atoms with Crippen LogP contribution in [0.25, 0.3) is 0 Å². The third-order valence-corrected chi connectivity index (χ3v) is 2.92. The Morgan fingerprint density at radius 1 is 1.59 bits per heavy atom. The van der Waals surface area contributed by atoms with Gasteiger partial charge in [0.05, 0.1) is 0 Å². The lowest BCUT2D eigenvalue weighted by atomic mass is 10.1. The molecule has 0 bridgehead atoms. The summed E-state index contributed by atoms with van der Waals surface area (Å²) in [6.45, 7) is 2.12. The minimum absolute atomic E-state index is 0.211. The van der Waals surface area contributed by atoms with Crippen LogP contribution in [-0.4, -0.2) is 17.1 Å². The van der Waals surface area contributed by atoms with Crippen LogP contribution in [0.1, 0.15) is 25.3 Å². The molecule has 0 spiro atoms. The molecule has 1 rings (SSSR count). The molecule has 0 radical (unpaired) electrons. The molecule has 1 aromatic carbocycles. The van der Waals surface area contributed by atoms with E-state index in [4.69, 9.17) is 5.11 Å². The standard InChI is InChI=1S/C12H15BrFNO2/c1-2-3-11(12(16)17)15-7-8-6-9(13)4-5-10(8)14/h4-6,11,15H,2-3,7H2,1H3,(H,16,17). The molecule has 0 saturated carbocycles. The molecule has 1 unspecified atom stereocenters. The maximum absolute atomic E-state index is 13.4. The highest BCUT2D eigenvalue weighted by atomic mass is 79.9. The first kappa shape index (κ1) is 14.1.